The first-order valence-electron chi connectivity index (χ1n) is 3.85. The Morgan fingerprint density at radius 1 is 1.64 bits per heavy atom. The van der Waals surface area contributed by atoms with E-state index in [1.54, 1.807) is 13.0 Å². The number of rotatable bonds is 2. The Morgan fingerprint density at radius 3 is 2.64 bits per heavy atom. The fourth-order valence-corrected chi connectivity index (χ4v) is 1.99. The van der Waals surface area contributed by atoms with Crippen LogP contribution in [0.1, 0.15) is 15.9 Å². The number of halogens is 1. The highest BCUT2D eigenvalue weighted by atomic mass is 79.9. The highest BCUT2D eigenvalue weighted by molar-refractivity contribution is 9.10. The molecule has 0 saturated carbocycles. The molecule has 76 valence electrons. The van der Waals surface area contributed by atoms with E-state index in [2.05, 4.69) is 15.9 Å². The number of nitrogen functional groups attached to an aromatic ring is 1. The third kappa shape index (κ3) is 1.68. The van der Waals surface area contributed by atoms with Crippen LogP contribution in [0.4, 0.5) is 5.69 Å². The van der Waals surface area contributed by atoms with Crippen molar-refractivity contribution >= 4 is 27.6 Å². The summed E-state index contributed by atoms with van der Waals surface area (Å²) in [7, 11) is 1.44. The van der Waals surface area contributed by atoms with E-state index in [4.69, 9.17) is 15.6 Å². The lowest BCUT2D eigenvalue weighted by molar-refractivity contribution is 0.0697. The predicted octanol–water partition coefficient (Wildman–Crippen LogP) is 2.05. The normalized spacial score (nSPS) is 9.93. The number of aryl methyl sites for hydroxylation is 1. The van der Waals surface area contributed by atoms with Crippen LogP contribution >= 0.6 is 15.9 Å². The second-order valence-electron chi connectivity index (χ2n) is 2.80. The van der Waals surface area contributed by atoms with Crippen molar-refractivity contribution in [2.45, 2.75) is 6.92 Å². The summed E-state index contributed by atoms with van der Waals surface area (Å²) in [6.07, 6.45) is 0. The molecule has 0 saturated heterocycles. The van der Waals surface area contributed by atoms with Gasteiger partial charge in [0.25, 0.3) is 0 Å². The van der Waals surface area contributed by atoms with Gasteiger partial charge in [0, 0.05) is 0 Å². The number of aromatic carboxylic acids is 1. The maximum absolute atomic E-state index is 10.9. The molecule has 0 fully saturated rings. The van der Waals surface area contributed by atoms with Gasteiger partial charge in [-0.2, -0.15) is 0 Å². The van der Waals surface area contributed by atoms with Gasteiger partial charge >= 0.3 is 5.97 Å². The zero-order chi connectivity index (χ0) is 10.9. The number of carboxylic acid groups (broad SMARTS) is 1. The molecule has 0 unspecified atom stereocenters. The minimum Gasteiger partial charge on any atom is -0.493 e. The number of anilines is 1. The van der Waals surface area contributed by atoms with Crippen LogP contribution in [0, 0.1) is 6.92 Å². The van der Waals surface area contributed by atoms with Gasteiger partial charge in [0.2, 0.25) is 0 Å². The monoisotopic (exact) mass is 259 g/mol. The van der Waals surface area contributed by atoms with E-state index < -0.39 is 5.97 Å². The third-order valence-corrected chi connectivity index (χ3v) is 2.48. The van der Waals surface area contributed by atoms with E-state index in [0.29, 0.717) is 15.8 Å². The first-order valence-corrected chi connectivity index (χ1v) is 4.64. The van der Waals surface area contributed by atoms with Gasteiger partial charge < -0.3 is 15.6 Å². The van der Waals surface area contributed by atoms with Crippen LogP contribution < -0.4 is 10.5 Å². The maximum Gasteiger partial charge on any atom is 0.338 e. The molecule has 0 aliphatic heterocycles. The van der Waals surface area contributed by atoms with E-state index in [9.17, 15) is 4.79 Å². The lowest BCUT2D eigenvalue weighted by atomic mass is 10.1. The average Bonchev–Trinajstić information content (AvgIpc) is 2.02. The Bertz CT molecular complexity index is 390. The molecule has 1 aromatic carbocycles. The number of hydrogen-bond donors (Lipinski definition) is 2. The Morgan fingerprint density at radius 2 is 2.21 bits per heavy atom. The minimum absolute atomic E-state index is 0.0880. The SMILES string of the molecule is COc1c(Br)cc(C)c(C(=O)O)c1N. The first kappa shape index (κ1) is 10.8. The summed E-state index contributed by atoms with van der Waals surface area (Å²) >= 11 is 3.24. The van der Waals surface area contributed by atoms with Gasteiger partial charge in [-0.25, -0.2) is 4.79 Å². The van der Waals surface area contributed by atoms with Gasteiger partial charge in [-0.1, -0.05) is 0 Å². The van der Waals surface area contributed by atoms with E-state index in [0.717, 1.165) is 0 Å². The summed E-state index contributed by atoms with van der Waals surface area (Å²) in [5.74, 6) is -0.696. The zero-order valence-electron chi connectivity index (χ0n) is 7.80. The van der Waals surface area contributed by atoms with Crippen LogP contribution in [0.5, 0.6) is 5.75 Å². The van der Waals surface area contributed by atoms with E-state index >= 15 is 0 Å². The van der Waals surface area contributed by atoms with E-state index in [-0.39, 0.29) is 11.3 Å². The molecule has 0 bridgehead atoms. The molecular formula is C9H10BrNO3. The summed E-state index contributed by atoms with van der Waals surface area (Å²) < 4.78 is 5.64. The molecule has 0 amide bonds. The smallest absolute Gasteiger partial charge is 0.338 e. The summed E-state index contributed by atoms with van der Waals surface area (Å²) in [5, 5.41) is 8.91. The number of benzene rings is 1. The first-order chi connectivity index (χ1) is 6.49. The van der Waals surface area contributed by atoms with Crippen LogP contribution in [-0.2, 0) is 0 Å². The number of ether oxygens (including phenoxy) is 1. The van der Waals surface area contributed by atoms with E-state index in [1.807, 2.05) is 0 Å². The molecule has 0 heterocycles. The number of carboxylic acids is 1. The molecule has 5 heteroatoms. The summed E-state index contributed by atoms with van der Waals surface area (Å²) in [5.41, 5.74) is 6.49. The molecule has 3 N–H and O–H groups in total. The topological polar surface area (TPSA) is 72.5 Å². The highest BCUT2D eigenvalue weighted by Gasteiger charge is 2.18. The highest BCUT2D eigenvalue weighted by Crippen LogP contribution is 2.35. The molecule has 0 aliphatic rings. The molecule has 0 aromatic heterocycles. The fourth-order valence-electron chi connectivity index (χ4n) is 1.27. The number of carbonyl (C=O) groups is 1. The molecule has 0 spiro atoms. The standard InChI is InChI=1S/C9H10BrNO3/c1-4-3-5(10)8(14-2)7(11)6(4)9(12)13/h3H,11H2,1-2H3,(H,12,13). The van der Waals surface area contributed by atoms with Crippen molar-refractivity contribution in [3.05, 3.63) is 21.7 Å². The second-order valence-corrected chi connectivity index (χ2v) is 3.66. The van der Waals surface area contributed by atoms with Crippen LogP contribution in [-0.4, -0.2) is 18.2 Å². The Hall–Kier alpha value is -1.23. The van der Waals surface area contributed by atoms with Crippen LogP contribution in [0.25, 0.3) is 0 Å². The summed E-state index contributed by atoms with van der Waals surface area (Å²) in [6, 6.07) is 1.67. The van der Waals surface area contributed by atoms with E-state index in [1.165, 1.54) is 7.11 Å². The Balaban J connectivity index is 3.52. The summed E-state index contributed by atoms with van der Waals surface area (Å²) in [4.78, 5) is 10.9. The fraction of sp³-hybridized carbons (Fsp3) is 0.222. The Kier molecular flexibility index (Phi) is 3.00. The second kappa shape index (κ2) is 3.88. The van der Waals surface area contributed by atoms with Crippen molar-refractivity contribution in [1.82, 2.24) is 0 Å². The van der Waals surface area contributed by atoms with Crippen molar-refractivity contribution < 1.29 is 14.6 Å². The summed E-state index contributed by atoms with van der Waals surface area (Å²) in [6.45, 7) is 1.68. The lowest BCUT2D eigenvalue weighted by Gasteiger charge is -2.11. The number of methoxy groups -OCH3 is 1. The number of nitrogens with two attached hydrogens (primary N) is 1. The third-order valence-electron chi connectivity index (χ3n) is 1.89. The quantitative estimate of drug-likeness (QED) is 0.798. The molecular weight excluding hydrogens is 250 g/mol. The predicted molar refractivity (Wildman–Crippen MR) is 56.8 cm³/mol. The van der Waals surface area contributed by atoms with Gasteiger partial charge in [-0.05, 0) is 34.5 Å². The maximum atomic E-state index is 10.9. The van der Waals surface area contributed by atoms with Gasteiger partial charge in [0.05, 0.1) is 22.8 Å². The number of hydrogen-bond acceptors (Lipinski definition) is 3. The largest absolute Gasteiger partial charge is 0.493 e. The molecule has 4 nitrogen and oxygen atoms in total. The van der Waals surface area contributed by atoms with Gasteiger partial charge in [0.15, 0.2) is 5.75 Å². The van der Waals surface area contributed by atoms with Crippen molar-refractivity contribution in [2.75, 3.05) is 12.8 Å². The molecule has 14 heavy (non-hydrogen) atoms. The van der Waals surface area contributed by atoms with Crippen molar-refractivity contribution in [3.63, 3.8) is 0 Å². The van der Waals surface area contributed by atoms with Gasteiger partial charge in [0.1, 0.15) is 0 Å². The lowest BCUT2D eigenvalue weighted by Crippen LogP contribution is -2.07. The Labute approximate surface area is 89.8 Å². The average molecular weight is 260 g/mol. The van der Waals surface area contributed by atoms with Gasteiger partial charge in [-0.3, -0.25) is 0 Å². The molecule has 0 atom stereocenters. The molecule has 1 aromatic rings. The van der Waals surface area contributed by atoms with Crippen molar-refractivity contribution in [2.24, 2.45) is 0 Å². The van der Waals surface area contributed by atoms with Crippen molar-refractivity contribution in [3.8, 4) is 5.75 Å². The molecule has 1 rings (SSSR count). The minimum atomic E-state index is -1.05. The molecule has 0 aliphatic carbocycles. The molecule has 0 radical (unpaired) electrons. The zero-order valence-corrected chi connectivity index (χ0v) is 9.38. The van der Waals surface area contributed by atoms with Crippen LogP contribution in [0.15, 0.2) is 10.5 Å². The van der Waals surface area contributed by atoms with Crippen molar-refractivity contribution in [1.29, 1.82) is 0 Å². The van der Waals surface area contributed by atoms with Crippen LogP contribution in [0.3, 0.4) is 0 Å². The van der Waals surface area contributed by atoms with Gasteiger partial charge in [-0.15, -0.1) is 0 Å². The van der Waals surface area contributed by atoms with Crippen LogP contribution in [0.2, 0.25) is 0 Å².